The molecule has 0 aliphatic carbocycles. The minimum atomic E-state index is -0.670. The molecule has 0 amide bonds. The Balaban J connectivity index is 1.53. The molecule has 200 valence electrons. The van der Waals surface area contributed by atoms with E-state index >= 15 is 0 Å². The second-order valence-electron chi connectivity index (χ2n) is 10.4. The Bertz CT molecular complexity index is 1090. The first-order valence-corrected chi connectivity index (χ1v) is 13.3. The fourth-order valence-corrected chi connectivity index (χ4v) is 6.72. The lowest BCUT2D eigenvalue weighted by Crippen LogP contribution is -2.57. The van der Waals surface area contributed by atoms with Crippen LogP contribution in [-0.2, 0) is 25.4 Å². The van der Waals surface area contributed by atoms with E-state index in [1.165, 1.54) is 12.7 Å². The van der Waals surface area contributed by atoms with Crippen LogP contribution in [0.25, 0.3) is 0 Å². The van der Waals surface area contributed by atoms with E-state index in [1.54, 1.807) is 0 Å². The molecule has 0 saturated carbocycles. The van der Waals surface area contributed by atoms with Gasteiger partial charge in [0.15, 0.2) is 11.5 Å². The molecule has 4 aliphatic heterocycles. The third-order valence-corrected chi connectivity index (χ3v) is 8.41. The van der Waals surface area contributed by atoms with Gasteiger partial charge in [0.2, 0.25) is 5.76 Å². The summed E-state index contributed by atoms with van der Waals surface area (Å²) >= 11 is 0. The third kappa shape index (κ3) is 4.72. The number of methoxy groups -OCH3 is 1. The maximum atomic E-state index is 12.4. The highest BCUT2D eigenvalue weighted by Gasteiger charge is 2.52. The molecule has 0 unspecified atom stereocenters. The van der Waals surface area contributed by atoms with Crippen molar-refractivity contribution in [2.24, 2.45) is 17.8 Å². The Labute approximate surface area is 217 Å². The molecule has 0 aromatic heterocycles. The number of fused-ring (bicyclic) bond motifs is 3. The molecule has 0 radical (unpaired) electrons. The lowest BCUT2D eigenvalue weighted by atomic mass is 9.73. The number of nitrogens with zero attached hydrogens (tertiary/aromatic N) is 1. The molecular formula is C29H37NO7. The molecule has 37 heavy (non-hydrogen) atoms. The van der Waals surface area contributed by atoms with Gasteiger partial charge >= 0.3 is 5.97 Å². The largest absolute Gasteiger partial charge is 0.492 e. The van der Waals surface area contributed by atoms with Crippen LogP contribution < -0.4 is 0 Å². The van der Waals surface area contributed by atoms with E-state index in [1.807, 2.05) is 13.0 Å². The average Bonchev–Trinajstić information content (AvgIpc) is 3.38. The van der Waals surface area contributed by atoms with Crippen molar-refractivity contribution < 1.29 is 34.3 Å². The van der Waals surface area contributed by atoms with Crippen LogP contribution in [-0.4, -0.2) is 71.2 Å². The molecule has 8 nitrogen and oxygen atoms in total. The van der Waals surface area contributed by atoms with E-state index < -0.39 is 24.6 Å². The first kappa shape index (κ1) is 26.0. The van der Waals surface area contributed by atoms with Crippen molar-refractivity contribution in [1.82, 2.24) is 4.90 Å². The van der Waals surface area contributed by atoms with E-state index in [-0.39, 0.29) is 41.7 Å². The molecule has 4 aliphatic rings. The van der Waals surface area contributed by atoms with E-state index in [9.17, 15) is 20.1 Å². The first-order valence-electron chi connectivity index (χ1n) is 13.3. The van der Waals surface area contributed by atoms with Gasteiger partial charge in [-0.3, -0.25) is 4.90 Å². The number of cyclic esters (lactones) is 1. The van der Waals surface area contributed by atoms with Gasteiger partial charge in [0.25, 0.3) is 0 Å². The monoisotopic (exact) mass is 511 g/mol. The van der Waals surface area contributed by atoms with Crippen LogP contribution in [0.2, 0.25) is 0 Å². The summed E-state index contributed by atoms with van der Waals surface area (Å²) in [6.07, 6.45) is 5.80. The van der Waals surface area contributed by atoms with Gasteiger partial charge in [-0.15, -0.1) is 0 Å². The third-order valence-electron chi connectivity index (χ3n) is 8.41. The SMILES string of the molecule is CC[C@H](O)[C@H]1C[C@H](Cc2ccccc2)C[C@@H]2[C@@H]3C(=CCCN21)OC(=C1OC(=O)C(CO)=C1OC)[C@H]3CO. The Morgan fingerprint density at radius 3 is 2.62 bits per heavy atom. The van der Waals surface area contributed by atoms with Gasteiger partial charge in [-0.1, -0.05) is 37.3 Å². The fourth-order valence-electron chi connectivity index (χ4n) is 6.72. The van der Waals surface area contributed by atoms with Crippen molar-refractivity contribution >= 4 is 5.97 Å². The van der Waals surface area contributed by atoms with Crippen LogP contribution in [0.4, 0.5) is 0 Å². The number of hydrogen-bond acceptors (Lipinski definition) is 8. The molecule has 2 saturated heterocycles. The van der Waals surface area contributed by atoms with Crippen molar-refractivity contribution in [3.05, 3.63) is 70.6 Å². The summed E-state index contributed by atoms with van der Waals surface area (Å²) in [4.78, 5) is 14.8. The second kappa shape index (κ2) is 11.0. The lowest BCUT2D eigenvalue weighted by molar-refractivity contribution is -0.134. The highest BCUT2D eigenvalue weighted by atomic mass is 16.6. The van der Waals surface area contributed by atoms with Crippen LogP contribution in [0.15, 0.2) is 65.0 Å². The highest BCUT2D eigenvalue weighted by molar-refractivity contribution is 5.94. The fraction of sp³-hybridized carbons (Fsp3) is 0.552. The van der Waals surface area contributed by atoms with Crippen LogP contribution in [0.5, 0.6) is 0 Å². The van der Waals surface area contributed by atoms with Gasteiger partial charge in [-0.25, -0.2) is 4.79 Å². The van der Waals surface area contributed by atoms with E-state index in [4.69, 9.17) is 14.2 Å². The Hall–Kier alpha value is -2.65. The number of carbonyl (C=O) groups is 1. The number of esters is 1. The van der Waals surface area contributed by atoms with Gasteiger partial charge in [0.05, 0.1) is 32.3 Å². The van der Waals surface area contributed by atoms with Gasteiger partial charge in [-0.2, -0.15) is 0 Å². The molecular weight excluding hydrogens is 474 g/mol. The molecule has 0 bridgehead atoms. The number of ether oxygens (including phenoxy) is 3. The normalized spacial score (nSPS) is 32.7. The second-order valence-corrected chi connectivity index (χ2v) is 10.4. The Morgan fingerprint density at radius 1 is 1.16 bits per heavy atom. The number of aliphatic hydroxyl groups excluding tert-OH is 3. The maximum Gasteiger partial charge on any atom is 0.345 e. The smallest absolute Gasteiger partial charge is 0.345 e. The lowest BCUT2D eigenvalue weighted by Gasteiger charge is -2.49. The van der Waals surface area contributed by atoms with Crippen LogP contribution in [0.3, 0.4) is 0 Å². The molecule has 1 aromatic rings. The summed E-state index contributed by atoms with van der Waals surface area (Å²) < 4.78 is 17.3. The van der Waals surface area contributed by atoms with Crippen molar-refractivity contribution in [2.45, 2.75) is 57.2 Å². The molecule has 2 fully saturated rings. The van der Waals surface area contributed by atoms with E-state index in [2.05, 4.69) is 35.2 Å². The first-order chi connectivity index (χ1) is 18.0. The zero-order valence-electron chi connectivity index (χ0n) is 21.5. The average molecular weight is 512 g/mol. The predicted molar refractivity (Wildman–Crippen MR) is 136 cm³/mol. The van der Waals surface area contributed by atoms with Gasteiger partial charge in [0, 0.05) is 24.5 Å². The van der Waals surface area contributed by atoms with Gasteiger partial charge in [0.1, 0.15) is 11.3 Å². The van der Waals surface area contributed by atoms with Gasteiger partial charge in [-0.05, 0) is 49.7 Å². The topological polar surface area (TPSA) is 109 Å². The van der Waals surface area contributed by atoms with Crippen molar-refractivity contribution in [3.63, 3.8) is 0 Å². The van der Waals surface area contributed by atoms with Gasteiger partial charge < -0.3 is 29.5 Å². The Kier molecular flexibility index (Phi) is 7.72. The molecule has 5 rings (SSSR count). The van der Waals surface area contributed by atoms with E-state index in [0.717, 1.165) is 38.0 Å². The zero-order valence-corrected chi connectivity index (χ0v) is 21.5. The van der Waals surface area contributed by atoms with Crippen molar-refractivity contribution in [1.29, 1.82) is 0 Å². The minimum absolute atomic E-state index is 0.0148. The minimum Gasteiger partial charge on any atom is -0.492 e. The van der Waals surface area contributed by atoms with Crippen LogP contribution in [0, 0.1) is 17.8 Å². The van der Waals surface area contributed by atoms with Crippen LogP contribution >= 0.6 is 0 Å². The molecule has 8 heteroatoms. The van der Waals surface area contributed by atoms with Crippen LogP contribution in [0.1, 0.15) is 38.2 Å². The van der Waals surface area contributed by atoms with Crippen molar-refractivity contribution in [3.8, 4) is 0 Å². The maximum absolute atomic E-state index is 12.4. The van der Waals surface area contributed by atoms with Crippen molar-refractivity contribution in [2.75, 3.05) is 26.9 Å². The number of benzene rings is 1. The molecule has 4 heterocycles. The number of carbonyl (C=O) groups excluding carboxylic acids is 1. The Morgan fingerprint density at radius 2 is 1.95 bits per heavy atom. The number of hydrogen-bond donors (Lipinski definition) is 3. The summed E-state index contributed by atoms with van der Waals surface area (Å²) in [6.45, 7) is 2.12. The summed E-state index contributed by atoms with van der Waals surface area (Å²) in [5.41, 5.74) is 1.32. The number of piperidine rings is 1. The predicted octanol–water partition coefficient (Wildman–Crippen LogP) is 2.65. The molecule has 6 atom stereocenters. The molecule has 1 aromatic carbocycles. The highest BCUT2D eigenvalue weighted by Crippen LogP contribution is 2.50. The quantitative estimate of drug-likeness (QED) is 0.480. The zero-order chi connectivity index (χ0) is 26.1. The molecule has 3 N–H and O–H groups in total. The summed E-state index contributed by atoms with van der Waals surface area (Å²) in [5.74, 6) is 0.516. The summed E-state index contributed by atoms with van der Waals surface area (Å²) in [7, 11) is 1.42. The number of aliphatic hydroxyl groups is 3. The summed E-state index contributed by atoms with van der Waals surface area (Å²) in [5, 5.41) is 31.4. The molecule has 0 spiro atoms. The number of rotatable bonds is 7. The summed E-state index contributed by atoms with van der Waals surface area (Å²) in [6, 6.07) is 10.5. The standard InChI is InChI=1S/C29H37NO7/c1-3-23(33)21-13-18(12-17-8-5-4-6-9-17)14-22-25-19(15-31)27(36-24(25)10-7-11-30(21)22)28-26(35-2)20(16-32)29(34)37-28/h4-6,8-10,18-19,21-23,25,31-33H,3,7,11-16H2,1-2H3/t18-,19-,21+,22+,23-,25+/m0/s1. The van der Waals surface area contributed by atoms with E-state index in [0.29, 0.717) is 18.1 Å².